The minimum Gasteiger partial charge on any atom is -0.496 e. The molecule has 1 fully saturated rings. The van der Waals surface area contributed by atoms with Gasteiger partial charge in [0.25, 0.3) is 11.6 Å². The van der Waals surface area contributed by atoms with Crippen LogP contribution in [-0.4, -0.2) is 42.0 Å². The zero-order chi connectivity index (χ0) is 14.7. The summed E-state index contributed by atoms with van der Waals surface area (Å²) in [6.45, 7) is 1.07. The summed E-state index contributed by atoms with van der Waals surface area (Å²) in [5, 5.41) is 10.8. The molecule has 1 aromatic rings. The van der Waals surface area contributed by atoms with E-state index in [1.165, 1.54) is 25.3 Å². The maximum absolute atomic E-state index is 12.5. The number of rotatable bonds is 3. The Hall–Kier alpha value is -1.86. The second-order valence-electron chi connectivity index (χ2n) is 4.80. The number of likely N-dealkylation sites (tertiary alicyclic amines) is 1. The Kier molecular flexibility index (Phi) is 5.92. The van der Waals surface area contributed by atoms with Crippen molar-refractivity contribution in [2.24, 2.45) is 5.73 Å². The number of nitro benzene ring substituents is 1. The van der Waals surface area contributed by atoms with Crippen LogP contribution in [0.25, 0.3) is 0 Å². The van der Waals surface area contributed by atoms with Crippen molar-refractivity contribution in [1.29, 1.82) is 0 Å². The van der Waals surface area contributed by atoms with E-state index in [2.05, 4.69) is 0 Å². The molecule has 0 aliphatic carbocycles. The first-order valence-corrected chi connectivity index (χ1v) is 6.40. The molecule has 0 aromatic heterocycles. The minimum atomic E-state index is -0.530. The summed E-state index contributed by atoms with van der Waals surface area (Å²) in [5.41, 5.74) is 5.93. The van der Waals surface area contributed by atoms with Crippen LogP contribution in [0.5, 0.6) is 5.75 Å². The van der Waals surface area contributed by atoms with E-state index in [1.807, 2.05) is 0 Å². The molecule has 0 saturated carbocycles. The van der Waals surface area contributed by atoms with Gasteiger partial charge in [-0.3, -0.25) is 14.9 Å². The van der Waals surface area contributed by atoms with Gasteiger partial charge in [0.05, 0.1) is 17.6 Å². The number of methoxy groups -OCH3 is 1. The number of amides is 1. The molecule has 1 amide bonds. The average Bonchev–Trinajstić information content (AvgIpc) is 2.45. The van der Waals surface area contributed by atoms with Crippen molar-refractivity contribution in [2.45, 2.75) is 18.9 Å². The molecule has 7 nitrogen and oxygen atoms in total. The van der Waals surface area contributed by atoms with Gasteiger partial charge >= 0.3 is 0 Å². The predicted molar refractivity (Wildman–Crippen MR) is 80.0 cm³/mol. The van der Waals surface area contributed by atoms with E-state index in [-0.39, 0.29) is 35.6 Å². The summed E-state index contributed by atoms with van der Waals surface area (Å²) < 4.78 is 5.12. The van der Waals surface area contributed by atoms with Crippen LogP contribution in [-0.2, 0) is 0 Å². The highest BCUT2D eigenvalue weighted by Crippen LogP contribution is 2.26. The van der Waals surface area contributed by atoms with Crippen LogP contribution < -0.4 is 10.5 Å². The maximum Gasteiger partial charge on any atom is 0.270 e. The number of benzene rings is 1. The van der Waals surface area contributed by atoms with E-state index in [4.69, 9.17) is 10.5 Å². The number of piperidine rings is 1. The van der Waals surface area contributed by atoms with Gasteiger partial charge in [0, 0.05) is 31.3 Å². The normalized spacial score (nSPS) is 17.8. The van der Waals surface area contributed by atoms with Gasteiger partial charge in [0.2, 0.25) is 0 Å². The van der Waals surface area contributed by atoms with Crippen molar-refractivity contribution >= 4 is 24.0 Å². The standard InChI is InChI=1S/C13H17N3O4.ClH/c1-20-12-5-4-10(16(18)19)7-11(12)13(17)15-6-2-3-9(14)8-15;/h4-5,7,9H,2-3,6,8,14H2,1H3;1H. The van der Waals surface area contributed by atoms with E-state index in [0.717, 1.165) is 12.8 Å². The molecule has 1 aliphatic heterocycles. The molecule has 116 valence electrons. The van der Waals surface area contributed by atoms with Gasteiger partial charge in [-0.25, -0.2) is 0 Å². The summed E-state index contributed by atoms with van der Waals surface area (Å²) in [5.74, 6) is 0.0560. The maximum atomic E-state index is 12.5. The fraction of sp³-hybridized carbons (Fsp3) is 0.462. The Morgan fingerprint density at radius 3 is 2.81 bits per heavy atom. The van der Waals surface area contributed by atoms with Gasteiger partial charge in [0.1, 0.15) is 5.75 Å². The number of hydrogen-bond acceptors (Lipinski definition) is 5. The van der Waals surface area contributed by atoms with E-state index in [1.54, 1.807) is 4.90 Å². The first kappa shape index (κ1) is 17.2. The van der Waals surface area contributed by atoms with E-state index in [0.29, 0.717) is 18.8 Å². The number of nitro groups is 1. The van der Waals surface area contributed by atoms with Crippen LogP contribution in [0.4, 0.5) is 5.69 Å². The number of nitrogens with zero attached hydrogens (tertiary/aromatic N) is 2. The van der Waals surface area contributed by atoms with Crippen LogP contribution in [0.3, 0.4) is 0 Å². The van der Waals surface area contributed by atoms with E-state index in [9.17, 15) is 14.9 Å². The third kappa shape index (κ3) is 3.83. The second-order valence-corrected chi connectivity index (χ2v) is 4.80. The number of carbonyl (C=O) groups excluding carboxylic acids is 1. The highest BCUT2D eigenvalue weighted by Gasteiger charge is 2.26. The van der Waals surface area contributed by atoms with Gasteiger partial charge in [-0.1, -0.05) is 0 Å². The minimum absolute atomic E-state index is 0. The summed E-state index contributed by atoms with van der Waals surface area (Å²) in [6.07, 6.45) is 1.72. The summed E-state index contributed by atoms with van der Waals surface area (Å²) in [7, 11) is 1.43. The Morgan fingerprint density at radius 1 is 1.52 bits per heavy atom. The van der Waals surface area contributed by atoms with Gasteiger partial charge in [-0.05, 0) is 18.9 Å². The van der Waals surface area contributed by atoms with Crippen LogP contribution in [0, 0.1) is 10.1 Å². The molecular formula is C13H18ClN3O4. The molecule has 1 atom stereocenters. The molecule has 0 radical (unpaired) electrons. The highest BCUT2D eigenvalue weighted by molar-refractivity contribution is 5.97. The molecule has 21 heavy (non-hydrogen) atoms. The number of nitrogens with two attached hydrogens (primary N) is 1. The Morgan fingerprint density at radius 2 is 2.24 bits per heavy atom. The lowest BCUT2D eigenvalue weighted by atomic mass is 10.0. The molecule has 1 unspecified atom stereocenters. The van der Waals surface area contributed by atoms with Crippen molar-refractivity contribution in [3.05, 3.63) is 33.9 Å². The van der Waals surface area contributed by atoms with Crippen molar-refractivity contribution in [2.75, 3.05) is 20.2 Å². The Bertz CT molecular complexity index is 538. The van der Waals surface area contributed by atoms with Crippen molar-refractivity contribution < 1.29 is 14.5 Å². The fourth-order valence-electron chi connectivity index (χ4n) is 2.34. The topological polar surface area (TPSA) is 98.7 Å². The molecule has 1 saturated heterocycles. The highest BCUT2D eigenvalue weighted by atomic mass is 35.5. The fourth-order valence-corrected chi connectivity index (χ4v) is 2.34. The van der Waals surface area contributed by atoms with Crippen LogP contribution in [0.2, 0.25) is 0 Å². The summed E-state index contributed by atoms with van der Waals surface area (Å²) >= 11 is 0. The van der Waals surface area contributed by atoms with Gasteiger partial charge in [-0.15, -0.1) is 12.4 Å². The molecule has 2 N–H and O–H groups in total. The molecule has 0 bridgehead atoms. The summed E-state index contributed by atoms with van der Waals surface area (Å²) in [6, 6.07) is 3.96. The third-order valence-electron chi connectivity index (χ3n) is 3.37. The largest absolute Gasteiger partial charge is 0.496 e. The molecule has 1 aromatic carbocycles. The second kappa shape index (κ2) is 7.24. The molecule has 2 rings (SSSR count). The van der Waals surface area contributed by atoms with Crippen molar-refractivity contribution in [3.8, 4) is 5.75 Å². The van der Waals surface area contributed by atoms with Gasteiger partial charge < -0.3 is 15.4 Å². The number of ether oxygens (including phenoxy) is 1. The molecule has 8 heteroatoms. The molecular weight excluding hydrogens is 298 g/mol. The van der Waals surface area contributed by atoms with Crippen molar-refractivity contribution in [1.82, 2.24) is 4.90 Å². The monoisotopic (exact) mass is 315 g/mol. The zero-order valence-corrected chi connectivity index (χ0v) is 12.5. The quantitative estimate of drug-likeness (QED) is 0.674. The van der Waals surface area contributed by atoms with Crippen LogP contribution in [0.1, 0.15) is 23.2 Å². The molecule has 0 spiro atoms. The lowest BCUT2D eigenvalue weighted by Gasteiger charge is -2.31. The van der Waals surface area contributed by atoms with Gasteiger partial charge in [-0.2, -0.15) is 0 Å². The Labute approximate surface area is 128 Å². The Balaban J connectivity index is 0.00000220. The van der Waals surface area contributed by atoms with Crippen LogP contribution >= 0.6 is 12.4 Å². The molecule has 1 heterocycles. The van der Waals surface area contributed by atoms with E-state index >= 15 is 0 Å². The van der Waals surface area contributed by atoms with Crippen LogP contribution in [0.15, 0.2) is 18.2 Å². The SMILES string of the molecule is COc1ccc([N+](=O)[O-])cc1C(=O)N1CCCC(N)C1.Cl. The molecule has 1 aliphatic rings. The lowest BCUT2D eigenvalue weighted by Crippen LogP contribution is -2.45. The lowest BCUT2D eigenvalue weighted by molar-refractivity contribution is -0.384. The van der Waals surface area contributed by atoms with Crippen molar-refractivity contribution in [3.63, 3.8) is 0 Å². The van der Waals surface area contributed by atoms with Gasteiger partial charge in [0.15, 0.2) is 0 Å². The average molecular weight is 316 g/mol. The smallest absolute Gasteiger partial charge is 0.270 e. The number of hydrogen-bond donors (Lipinski definition) is 1. The predicted octanol–water partition coefficient (Wildman–Crippen LogP) is 1.59. The first-order valence-electron chi connectivity index (χ1n) is 6.40. The number of non-ortho nitro benzene ring substituents is 1. The zero-order valence-electron chi connectivity index (χ0n) is 11.7. The first-order chi connectivity index (χ1) is 9.52. The third-order valence-corrected chi connectivity index (χ3v) is 3.37. The summed E-state index contributed by atoms with van der Waals surface area (Å²) in [4.78, 5) is 24.4. The van der Waals surface area contributed by atoms with E-state index < -0.39 is 4.92 Å². The number of carbonyl (C=O) groups is 1. The number of halogens is 1.